The van der Waals surface area contributed by atoms with Crippen LogP contribution in [0.3, 0.4) is 0 Å². The van der Waals surface area contributed by atoms with E-state index >= 15 is 0 Å². The van der Waals surface area contributed by atoms with Crippen molar-refractivity contribution < 1.29 is 9.47 Å². The Hall–Kier alpha value is -2.44. The summed E-state index contributed by atoms with van der Waals surface area (Å²) in [5.41, 5.74) is 3.06. The lowest BCUT2D eigenvalue weighted by Gasteiger charge is -2.12. The first-order chi connectivity index (χ1) is 10.6. The molecule has 0 aliphatic heterocycles. The highest BCUT2D eigenvalue weighted by atomic mass is 35.5. The summed E-state index contributed by atoms with van der Waals surface area (Å²) in [6.07, 6.45) is 1.72. The maximum atomic E-state index is 9.48. The molecule has 0 aliphatic rings. The zero-order valence-electron chi connectivity index (χ0n) is 12.7. The molecule has 0 fully saturated rings. The van der Waals surface area contributed by atoms with E-state index in [1.807, 2.05) is 31.2 Å². The number of hydrogen-bond donors (Lipinski definition) is 0. The maximum absolute atomic E-state index is 9.48. The van der Waals surface area contributed by atoms with Crippen molar-refractivity contribution >= 4 is 23.3 Å². The second-order valence-corrected chi connectivity index (χ2v) is 5.14. The molecule has 4 heteroatoms. The third-order valence-electron chi connectivity index (χ3n) is 3.27. The summed E-state index contributed by atoms with van der Waals surface area (Å²) >= 11 is 6.27. The minimum Gasteiger partial charge on any atom is -0.493 e. The van der Waals surface area contributed by atoms with Crippen molar-refractivity contribution in [1.29, 1.82) is 5.26 Å². The summed E-state index contributed by atoms with van der Waals surface area (Å²) in [6, 6.07) is 13.4. The van der Waals surface area contributed by atoms with Crippen LogP contribution in [0.15, 0.2) is 36.4 Å². The normalized spacial score (nSPS) is 11.0. The monoisotopic (exact) mass is 313 g/mol. The molecule has 0 amide bonds. The number of nitrogens with zero attached hydrogens (tertiary/aromatic N) is 1. The molecular formula is C18H16ClNO2. The molecule has 0 saturated heterocycles. The van der Waals surface area contributed by atoms with E-state index in [9.17, 15) is 5.26 Å². The van der Waals surface area contributed by atoms with E-state index in [1.54, 1.807) is 32.4 Å². The van der Waals surface area contributed by atoms with Gasteiger partial charge in [0.25, 0.3) is 0 Å². The number of benzene rings is 2. The van der Waals surface area contributed by atoms with Crippen LogP contribution in [0, 0.1) is 18.3 Å². The van der Waals surface area contributed by atoms with Gasteiger partial charge < -0.3 is 9.47 Å². The van der Waals surface area contributed by atoms with Crippen LogP contribution in [0.2, 0.25) is 5.02 Å². The molecule has 0 radical (unpaired) electrons. The average Bonchev–Trinajstić information content (AvgIpc) is 2.53. The van der Waals surface area contributed by atoms with Gasteiger partial charge in [0.2, 0.25) is 0 Å². The molecule has 112 valence electrons. The number of aryl methyl sites for hydroxylation is 1. The number of ether oxygens (including phenoxy) is 2. The van der Waals surface area contributed by atoms with E-state index in [2.05, 4.69) is 6.07 Å². The topological polar surface area (TPSA) is 42.2 Å². The van der Waals surface area contributed by atoms with E-state index in [0.29, 0.717) is 27.7 Å². The molecule has 0 saturated carbocycles. The first kappa shape index (κ1) is 15.9. The predicted molar refractivity (Wildman–Crippen MR) is 89.2 cm³/mol. The summed E-state index contributed by atoms with van der Waals surface area (Å²) in [4.78, 5) is 0. The van der Waals surface area contributed by atoms with Crippen molar-refractivity contribution in [1.82, 2.24) is 0 Å². The van der Waals surface area contributed by atoms with Crippen molar-refractivity contribution in [2.45, 2.75) is 6.92 Å². The average molecular weight is 314 g/mol. The Labute approximate surface area is 135 Å². The number of allylic oxidation sites excluding steroid dienone is 1. The molecule has 2 aromatic carbocycles. The molecule has 0 aliphatic carbocycles. The maximum Gasteiger partial charge on any atom is 0.169 e. The fraction of sp³-hybridized carbons (Fsp3) is 0.167. The van der Waals surface area contributed by atoms with Crippen molar-refractivity contribution in [2.75, 3.05) is 14.2 Å². The minimum absolute atomic E-state index is 0.498. The number of halogens is 1. The van der Waals surface area contributed by atoms with Crippen LogP contribution in [0.25, 0.3) is 11.6 Å². The zero-order valence-corrected chi connectivity index (χ0v) is 13.4. The van der Waals surface area contributed by atoms with Crippen LogP contribution in [-0.2, 0) is 0 Å². The van der Waals surface area contributed by atoms with Crippen molar-refractivity contribution in [3.05, 3.63) is 58.1 Å². The molecule has 2 rings (SSSR count). The smallest absolute Gasteiger partial charge is 0.169 e. The van der Waals surface area contributed by atoms with Crippen molar-refractivity contribution in [3.63, 3.8) is 0 Å². The fourth-order valence-corrected chi connectivity index (χ4v) is 2.40. The lowest BCUT2D eigenvalue weighted by molar-refractivity contribution is 0.354. The Morgan fingerprint density at radius 3 is 2.55 bits per heavy atom. The van der Waals surface area contributed by atoms with Gasteiger partial charge in [-0.25, -0.2) is 0 Å². The van der Waals surface area contributed by atoms with Gasteiger partial charge in [-0.2, -0.15) is 5.26 Å². The number of methoxy groups -OCH3 is 2. The van der Waals surface area contributed by atoms with Gasteiger partial charge in [0.15, 0.2) is 11.5 Å². The predicted octanol–water partition coefficient (Wildman–Crippen LogP) is 4.73. The summed E-state index contributed by atoms with van der Waals surface area (Å²) in [5.74, 6) is 1.08. The molecule has 0 unspecified atom stereocenters. The third-order valence-corrected chi connectivity index (χ3v) is 3.60. The number of nitriles is 1. The molecule has 0 bridgehead atoms. The highest BCUT2D eigenvalue weighted by Crippen LogP contribution is 2.38. The van der Waals surface area contributed by atoms with Crippen molar-refractivity contribution in [3.8, 4) is 17.6 Å². The van der Waals surface area contributed by atoms with Gasteiger partial charge in [0.1, 0.15) is 0 Å². The van der Waals surface area contributed by atoms with Crippen LogP contribution in [-0.4, -0.2) is 14.2 Å². The molecular weight excluding hydrogens is 298 g/mol. The van der Waals surface area contributed by atoms with Gasteiger partial charge in [-0.15, -0.1) is 0 Å². The van der Waals surface area contributed by atoms with Crippen molar-refractivity contribution in [2.24, 2.45) is 0 Å². The van der Waals surface area contributed by atoms with E-state index < -0.39 is 0 Å². The molecule has 22 heavy (non-hydrogen) atoms. The van der Waals surface area contributed by atoms with Gasteiger partial charge in [0.05, 0.1) is 30.9 Å². The molecule has 0 aromatic heterocycles. The number of rotatable bonds is 4. The first-order valence-electron chi connectivity index (χ1n) is 6.70. The second-order valence-electron chi connectivity index (χ2n) is 4.74. The largest absolute Gasteiger partial charge is 0.493 e. The lowest BCUT2D eigenvalue weighted by atomic mass is 10.0. The Bertz CT molecular complexity index is 760. The molecule has 2 aromatic rings. The van der Waals surface area contributed by atoms with Gasteiger partial charge >= 0.3 is 0 Å². The molecule has 0 heterocycles. The summed E-state index contributed by atoms with van der Waals surface area (Å²) in [5, 5.41) is 9.98. The zero-order chi connectivity index (χ0) is 16.1. The van der Waals surface area contributed by atoms with Gasteiger partial charge in [-0.3, -0.25) is 0 Å². The lowest BCUT2D eigenvalue weighted by Crippen LogP contribution is -1.94. The molecule has 0 N–H and O–H groups in total. The van der Waals surface area contributed by atoms with E-state index in [1.165, 1.54) is 0 Å². The van der Waals surface area contributed by atoms with Gasteiger partial charge in [-0.05, 0) is 30.7 Å². The van der Waals surface area contributed by atoms with Crippen LogP contribution < -0.4 is 9.47 Å². The van der Waals surface area contributed by atoms with Gasteiger partial charge in [-0.1, -0.05) is 41.4 Å². The summed E-state index contributed by atoms with van der Waals surface area (Å²) < 4.78 is 10.7. The SMILES string of the molecule is COc1ccc(Cl)c(/C=C(\C#N)c2cccc(C)c2)c1OC. The third kappa shape index (κ3) is 3.24. The Morgan fingerprint density at radius 1 is 1.18 bits per heavy atom. The second kappa shape index (κ2) is 7.02. The number of hydrogen-bond acceptors (Lipinski definition) is 3. The Morgan fingerprint density at radius 2 is 1.95 bits per heavy atom. The molecule has 0 atom stereocenters. The van der Waals surface area contributed by atoms with E-state index in [4.69, 9.17) is 21.1 Å². The fourth-order valence-electron chi connectivity index (χ4n) is 2.20. The standard InChI is InChI=1S/C18H16ClNO2/c1-12-5-4-6-13(9-12)14(11-20)10-15-16(19)7-8-17(21-2)18(15)22-3/h4-10H,1-3H3/b14-10+. The molecule has 0 spiro atoms. The quantitative estimate of drug-likeness (QED) is 0.605. The highest BCUT2D eigenvalue weighted by molar-refractivity contribution is 6.32. The Kier molecular flexibility index (Phi) is 5.08. The van der Waals surface area contributed by atoms with E-state index in [-0.39, 0.29) is 0 Å². The molecule has 3 nitrogen and oxygen atoms in total. The highest BCUT2D eigenvalue weighted by Gasteiger charge is 2.13. The summed E-state index contributed by atoms with van der Waals surface area (Å²) in [7, 11) is 3.11. The van der Waals surface area contributed by atoms with Crippen LogP contribution in [0.1, 0.15) is 16.7 Å². The van der Waals surface area contributed by atoms with Crippen LogP contribution in [0.5, 0.6) is 11.5 Å². The van der Waals surface area contributed by atoms with Crippen LogP contribution in [0.4, 0.5) is 0 Å². The Balaban J connectivity index is 2.62. The summed E-state index contributed by atoms with van der Waals surface area (Å²) in [6.45, 7) is 1.98. The van der Waals surface area contributed by atoms with Gasteiger partial charge in [0, 0.05) is 5.56 Å². The minimum atomic E-state index is 0.498. The van der Waals surface area contributed by atoms with Crippen LogP contribution >= 0.6 is 11.6 Å². The first-order valence-corrected chi connectivity index (χ1v) is 7.07. The van der Waals surface area contributed by atoms with E-state index in [0.717, 1.165) is 11.1 Å².